The number of nitrogens with zero attached hydrogens (tertiary/aromatic N) is 3. The second-order valence-electron chi connectivity index (χ2n) is 6.46. The zero-order valence-electron chi connectivity index (χ0n) is 16.6. The van der Waals surface area contributed by atoms with Crippen molar-refractivity contribution in [3.05, 3.63) is 45.2 Å². The zero-order chi connectivity index (χ0) is 20.3. The highest BCUT2D eigenvalue weighted by molar-refractivity contribution is 8.03. The Morgan fingerprint density at radius 2 is 2.07 bits per heavy atom. The van der Waals surface area contributed by atoms with Gasteiger partial charge in [0.25, 0.3) is 5.82 Å². The van der Waals surface area contributed by atoms with E-state index in [0.717, 1.165) is 35.7 Å². The number of benzene rings is 1. The Morgan fingerprint density at radius 1 is 1.34 bits per heavy atom. The van der Waals surface area contributed by atoms with Gasteiger partial charge in [0, 0.05) is 44.0 Å². The van der Waals surface area contributed by atoms with Crippen molar-refractivity contribution in [1.29, 1.82) is 0 Å². The minimum absolute atomic E-state index is 0. The van der Waals surface area contributed by atoms with Crippen LogP contribution in [0.3, 0.4) is 0 Å². The molecule has 2 aromatic rings. The lowest BCUT2D eigenvalue weighted by atomic mass is 10.3. The second-order valence-corrected chi connectivity index (χ2v) is 8.39. The molecule has 1 aromatic heterocycles. The van der Waals surface area contributed by atoms with Gasteiger partial charge in [0.2, 0.25) is 0 Å². The van der Waals surface area contributed by atoms with Gasteiger partial charge < -0.3 is 33.6 Å². The molecule has 158 valence electrons. The largest absolute Gasteiger partial charge is 1.00 e. The van der Waals surface area contributed by atoms with Gasteiger partial charge in [0.05, 0.1) is 22.1 Å². The molecule has 1 saturated heterocycles. The van der Waals surface area contributed by atoms with E-state index in [4.69, 9.17) is 27.9 Å². The Hall–Kier alpha value is -0.900. The predicted octanol–water partition coefficient (Wildman–Crippen LogP) is 1.26. The lowest BCUT2D eigenvalue weighted by molar-refractivity contribution is -0.647. The first-order valence-electron chi connectivity index (χ1n) is 9.19. The quantitative estimate of drug-likeness (QED) is 0.299. The molecular weight excluding hydrogens is 544 g/mol. The minimum Gasteiger partial charge on any atom is -1.00 e. The lowest BCUT2D eigenvalue weighted by Gasteiger charge is -2.14. The Labute approximate surface area is 202 Å². The number of rotatable bonds is 6. The SMILES string of the molecule is CCN1CCSC1=CC=Cc1n(CCOC(C)=O)c2cc(Cl)c(Cl)cc2[n+]1C.[I-]. The molecule has 29 heavy (non-hydrogen) atoms. The van der Waals surface area contributed by atoms with E-state index in [1.807, 2.05) is 30.9 Å². The van der Waals surface area contributed by atoms with Crippen molar-refractivity contribution < 1.29 is 38.1 Å². The Kier molecular flexibility index (Phi) is 9.18. The zero-order valence-corrected chi connectivity index (χ0v) is 21.1. The number of ether oxygens (including phenoxy) is 1. The fourth-order valence-corrected chi connectivity index (χ4v) is 4.72. The summed E-state index contributed by atoms with van der Waals surface area (Å²) in [6.45, 7) is 6.51. The molecule has 0 saturated carbocycles. The van der Waals surface area contributed by atoms with Crippen molar-refractivity contribution in [1.82, 2.24) is 9.47 Å². The highest BCUT2D eigenvalue weighted by atomic mass is 127. The van der Waals surface area contributed by atoms with Crippen LogP contribution in [0.15, 0.2) is 29.3 Å². The number of aromatic nitrogens is 2. The summed E-state index contributed by atoms with van der Waals surface area (Å²) in [6, 6.07) is 3.72. The van der Waals surface area contributed by atoms with Crippen LogP contribution >= 0.6 is 35.0 Å². The van der Waals surface area contributed by atoms with Crippen molar-refractivity contribution in [3.8, 4) is 0 Å². The van der Waals surface area contributed by atoms with Crippen molar-refractivity contribution in [2.75, 3.05) is 25.4 Å². The summed E-state index contributed by atoms with van der Waals surface area (Å²) in [5, 5.41) is 2.30. The molecule has 2 heterocycles. The van der Waals surface area contributed by atoms with E-state index in [1.165, 1.54) is 12.0 Å². The molecule has 0 spiro atoms. The number of carbonyl (C=O) groups excluding carboxylic acids is 1. The van der Waals surface area contributed by atoms with Gasteiger partial charge in [0.1, 0.15) is 13.2 Å². The van der Waals surface area contributed by atoms with Gasteiger partial charge in [-0.25, -0.2) is 9.13 Å². The van der Waals surface area contributed by atoms with E-state index >= 15 is 0 Å². The molecule has 0 bridgehead atoms. The Balaban J connectivity index is 0.00000300. The van der Waals surface area contributed by atoms with Crippen LogP contribution in [0, 0.1) is 0 Å². The predicted molar refractivity (Wildman–Crippen MR) is 117 cm³/mol. The molecule has 0 atom stereocenters. The van der Waals surface area contributed by atoms with Crippen LogP contribution in [-0.4, -0.2) is 40.9 Å². The number of aryl methyl sites for hydroxylation is 1. The maximum absolute atomic E-state index is 11.2. The summed E-state index contributed by atoms with van der Waals surface area (Å²) in [5.41, 5.74) is 1.91. The molecule has 1 aromatic carbocycles. The van der Waals surface area contributed by atoms with Crippen LogP contribution in [0.2, 0.25) is 10.0 Å². The molecular formula is C20H24Cl2IN3O2S. The molecule has 0 unspecified atom stereocenters. The second kappa shape index (κ2) is 10.9. The van der Waals surface area contributed by atoms with E-state index in [-0.39, 0.29) is 29.9 Å². The fraction of sp³-hybridized carbons (Fsp3) is 0.400. The Bertz CT molecular complexity index is 959. The topological polar surface area (TPSA) is 38.4 Å². The van der Waals surface area contributed by atoms with Crippen LogP contribution in [0.1, 0.15) is 19.7 Å². The van der Waals surface area contributed by atoms with Crippen LogP contribution in [-0.2, 0) is 23.1 Å². The molecule has 3 rings (SSSR count). The van der Waals surface area contributed by atoms with Gasteiger partial charge in [-0.3, -0.25) is 4.79 Å². The first kappa shape index (κ1) is 24.4. The first-order chi connectivity index (χ1) is 13.4. The Morgan fingerprint density at radius 3 is 2.76 bits per heavy atom. The summed E-state index contributed by atoms with van der Waals surface area (Å²) in [5.74, 6) is 1.81. The summed E-state index contributed by atoms with van der Waals surface area (Å²) in [7, 11) is 1.99. The van der Waals surface area contributed by atoms with Crippen LogP contribution in [0.25, 0.3) is 17.1 Å². The van der Waals surface area contributed by atoms with E-state index in [9.17, 15) is 4.79 Å². The average molecular weight is 568 g/mol. The number of hydrogen-bond donors (Lipinski definition) is 0. The maximum Gasteiger partial charge on any atom is 0.302 e. The van der Waals surface area contributed by atoms with E-state index in [2.05, 4.69) is 39.2 Å². The van der Waals surface area contributed by atoms with Crippen LogP contribution in [0.4, 0.5) is 0 Å². The first-order valence-corrected chi connectivity index (χ1v) is 10.9. The number of halogens is 3. The van der Waals surface area contributed by atoms with Crippen molar-refractivity contribution in [2.24, 2.45) is 7.05 Å². The highest BCUT2D eigenvalue weighted by Crippen LogP contribution is 2.29. The number of esters is 1. The fourth-order valence-electron chi connectivity index (χ4n) is 3.30. The van der Waals surface area contributed by atoms with Crippen molar-refractivity contribution in [3.63, 3.8) is 0 Å². The van der Waals surface area contributed by atoms with Gasteiger partial charge in [-0.1, -0.05) is 29.3 Å². The highest BCUT2D eigenvalue weighted by Gasteiger charge is 2.22. The van der Waals surface area contributed by atoms with Gasteiger partial charge in [0.15, 0.2) is 11.0 Å². The smallest absolute Gasteiger partial charge is 0.302 e. The molecule has 1 fully saturated rings. The average Bonchev–Trinajstić information content (AvgIpc) is 3.20. The standard InChI is InChI=1S/C20H24Cl2N3O2S.HI/c1-4-24-9-11-28-20(24)7-5-6-19-23(3)17-12-15(21)16(22)13-18(17)25(19)8-10-27-14(2)26;/h5-7,12-13H,4,8-11H2,1-3H3;1H/q+1;/p-1. The minimum atomic E-state index is -0.290. The number of allylic oxidation sites excluding steroid dienone is 2. The molecule has 1 aliphatic rings. The van der Waals surface area contributed by atoms with Gasteiger partial charge in [-0.15, -0.1) is 11.8 Å². The molecule has 0 N–H and O–H groups in total. The van der Waals surface area contributed by atoms with E-state index in [0.29, 0.717) is 23.2 Å². The molecule has 1 aliphatic heterocycles. The van der Waals surface area contributed by atoms with E-state index in [1.54, 1.807) is 0 Å². The van der Waals surface area contributed by atoms with Gasteiger partial charge in [-0.05, 0) is 13.0 Å². The number of imidazole rings is 1. The summed E-state index contributed by atoms with van der Waals surface area (Å²) < 4.78 is 9.31. The number of hydrogen-bond acceptors (Lipinski definition) is 4. The third-order valence-electron chi connectivity index (χ3n) is 4.70. The van der Waals surface area contributed by atoms with Crippen molar-refractivity contribution in [2.45, 2.75) is 20.4 Å². The number of thioether (sulfide) groups is 1. The summed E-state index contributed by atoms with van der Waals surface area (Å²) in [6.07, 6.45) is 6.28. The molecule has 0 amide bonds. The molecule has 0 radical (unpaired) electrons. The van der Waals surface area contributed by atoms with Gasteiger partial charge in [-0.2, -0.15) is 0 Å². The van der Waals surface area contributed by atoms with Crippen LogP contribution in [0.5, 0.6) is 0 Å². The van der Waals surface area contributed by atoms with Gasteiger partial charge >= 0.3 is 5.97 Å². The van der Waals surface area contributed by atoms with Crippen LogP contribution < -0.4 is 28.5 Å². The molecule has 9 heteroatoms. The normalized spacial score (nSPS) is 15.5. The van der Waals surface area contributed by atoms with Crippen molar-refractivity contribution >= 4 is 58.0 Å². The monoisotopic (exact) mass is 567 g/mol. The maximum atomic E-state index is 11.2. The van der Waals surface area contributed by atoms with E-state index < -0.39 is 0 Å². The third kappa shape index (κ3) is 5.62. The molecule has 5 nitrogen and oxygen atoms in total. The summed E-state index contributed by atoms with van der Waals surface area (Å²) >= 11 is 14.4. The number of carbonyl (C=O) groups is 1. The summed E-state index contributed by atoms with van der Waals surface area (Å²) in [4.78, 5) is 13.5. The number of fused-ring (bicyclic) bond motifs is 1. The third-order valence-corrected chi connectivity index (χ3v) is 6.50. The lowest BCUT2D eigenvalue weighted by Crippen LogP contribution is -3.00. The molecule has 0 aliphatic carbocycles.